The van der Waals surface area contributed by atoms with Gasteiger partial charge in [-0.25, -0.2) is 4.98 Å². The minimum absolute atomic E-state index is 1.06. The third-order valence-electron chi connectivity index (χ3n) is 3.72. The molecule has 3 aromatic rings. The molecule has 0 amide bonds. The average Bonchev–Trinajstić information content (AvgIpc) is 2.96. The number of fused-ring (bicyclic) bond motifs is 3. The first-order valence-electron chi connectivity index (χ1n) is 6.57. The van der Waals surface area contributed by atoms with Gasteiger partial charge in [0.05, 0.1) is 5.69 Å². The van der Waals surface area contributed by atoms with Gasteiger partial charge in [-0.2, -0.15) is 0 Å². The van der Waals surface area contributed by atoms with E-state index in [1.807, 2.05) is 17.4 Å². The number of thiazole rings is 1. The number of hydrogen-bond acceptors (Lipinski definition) is 2. The predicted octanol–water partition coefficient (Wildman–Crippen LogP) is 4.70. The summed E-state index contributed by atoms with van der Waals surface area (Å²) in [6.45, 7) is 0. The van der Waals surface area contributed by atoms with Crippen LogP contribution >= 0.6 is 27.3 Å². The molecule has 19 heavy (non-hydrogen) atoms. The van der Waals surface area contributed by atoms with E-state index in [0.29, 0.717) is 0 Å². The molecule has 2 nitrogen and oxygen atoms in total. The maximum absolute atomic E-state index is 4.80. The van der Waals surface area contributed by atoms with Crippen molar-refractivity contribution in [2.75, 3.05) is 0 Å². The largest absolute Gasteiger partial charge is 0.294 e. The Labute approximate surface area is 124 Å². The zero-order valence-corrected chi connectivity index (χ0v) is 12.8. The van der Waals surface area contributed by atoms with Crippen LogP contribution in [0.5, 0.6) is 0 Å². The number of benzene rings is 1. The second-order valence-electron chi connectivity index (χ2n) is 4.94. The van der Waals surface area contributed by atoms with Crippen LogP contribution in [0, 0.1) is 0 Å². The molecule has 4 heteroatoms. The van der Waals surface area contributed by atoms with E-state index in [1.165, 1.54) is 41.8 Å². The van der Waals surface area contributed by atoms with Gasteiger partial charge in [-0.1, -0.05) is 34.1 Å². The molecule has 2 aromatic heterocycles. The minimum atomic E-state index is 1.06. The molecule has 1 aliphatic carbocycles. The number of aryl methyl sites for hydroxylation is 2. The Morgan fingerprint density at radius 3 is 2.89 bits per heavy atom. The summed E-state index contributed by atoms with van der Waals surface area (Å²) in [6, 6.07) is 8.28. The highest BCUT2D eigenvalue weighted by molar-refractivity contribution is 9.10. The van der Waals surface area contributed by atoms with E-state index in [1.54, 1.807) is 0 Å². The van der Waals surface area contributed by atoms with E-state index in [0.717, 1.165) is 15.1 Å². The van der Waals surface area contributed by atoms with Crippen molar-refractivity contribution in [2.45, 2.75) is 25.7 Å². The molecular formula is C15H13BrN2S. The van der Waals surface area contributed by atoms with E-state index in [2.05, 4.69) is 44.7 Å². The number of hydrogen-bond donors (Lipinski definition) is 0. The molecule has 2 heterocycles. The summed E-state index contributed by atoms with van der Waals surface area (Å²) >= 11 is 5.47. The van der Waals surface area contributed by atoms with Crippen molar-refractivity contribution >= 4 is 32.2 Å². The van der Waals surface area contributed by atoms with Gasteiger partial charge in [-0.15, -0.1) is 11.3 Å². The highest BCUT2D eigenvalue weighted by atomic mass is 79.9. The summed E-state index contributed by atoms with van der Waals surface area (Å²) in [5.74, 6) is 0. The molecule has 0 N–H and O–H groups in total. The fourth-order valence-electron chi connectivity index (χ4n) is 2.76. The van der Waals surface area contributed by atoms with Crippen molar-refractivity contribution in [3.8, 4) is 11.3 Å². The zero-order chi connectivity index (χ0) is 12.8. The van der Waals surface area contributed by atoms with Crippen LogP contribution in [-0.2, 0) is 12.8 Å². The summed E-state index contributed by atoms with van der Waals surface area (Å²) in [5.41, 5.74) is 3.71. The van der Waals surface area contributed by atoms with Crippen molar-refractivity contribution in [3.63, 3.8) is 0 Å². The Hall–Kier alpha value is -1.13. The molecule has 0 unspecified atom stereocenters. The fourth-order valence-corrected chi connectivity index (χ4v) is 4.44. The van der Waals surface area contributed by atoms with E-state index in [-0.39, 0.29) is 0 Å². The van der Waals surface area contributed by atoms with E-state index in [9.17, 15) is 0 Å². The normalized spacial score (nSPS) is 14.8. The highest BCUT2D eigenvalue weighted by Crippen LogP contribution is 2.33. The van der Waals surface area contributed by atoms with Gasteiger partial charge in [-0.05, 0) is 31.7 Å². The molecule has 0 spiro atoms. The quantitative estimate of drug-likeness (QED) is 0.631. The lowest BCUT2D eigenvalue weighted by atomic mass is 10.0. The van der Waals surface area contributed by atoms with E-state index >= 15 is 0 Å². The molecule has 96 valence electrons. The third kappa shape index (κ3) is 1.85. The van der Waals surface area contributed by atoms with Gasteiger partial charge >= 0.3 is 0 Å². The zero-order valence-electron chi connectivity index (χ0n) is 10.4. The molecule has 0 saturated heterocycles. The molecule has 4 rings (SSSR count). The van der Waals surface area contributed by atoms with Gasteiger partial charge < -0.3 is 0 Å². The van der Waals surface area contributed by atoms with Crippen molar-refractivity contribution in [1.29, 1.82) is 0 Å². The lowest BCUT2D eigenvalue weighted by Crippen LogP contribution is -2.01. The van der Waals surface area contributed by atoms with Crippen molar-refractivity contribution in [2.24, 2.45) is 0 Å². The molecule has 1 aliphatic rings. The first-order valence-corrected chi connectivity index (χ1v) is 8.18. The van der Waals surface area contributed by atoms with Crippen molar-refractivity contribution in [1.82, 2.24) is 9.38 Å². The molecular weight excluding hydrogens is 320 g/mol. The number of rotatable bonds is 1. The molecule has 0 atom stereocenters. The topological polar surface area (TPSA) is 17.3 Å². The standard InChI is InChI=1S/C15H13BrN2S/c16-11-6-2-1-5-10(11)12-9-18-13-7-3-4-8-14(13)19-15(18)17-12/h1-2,5-6,9H,3-4,7-8H2. The molecule has 0 aliphatic heterocycles. The average molecular weight is 333 g/mol. The van der Waals surface area contributed by atoms with Crippen LogP contribution in [0.4, 0.5) is 0 Å². The van der Waals surface area contributed by atoms with Gasteiger partial charge in [0.25, 0.3) is 0 Å². The van der Waals surface area contributed by atoms with Crippen LogP contribution in [0.2, 0.25) is 0 Å². The Morgan fingerprint density at radius 2 is 2.00 bits per heavy atom. The first-order chi connectivity index (χ1) is 9.33. The fraction of sp³-hybridized carbons (Fsp3) is 0.267. The van der Waals surface area contributed by atoms with Crippen molar-refractivity contribution in [3.05, 3.63) is 45.5 Å². The van der Waals surface area contributed by atoms with E-state index in [4.69, 9.17) is 4.98 Å². The highest BCUT2D eigenvalue weighted by Gasteiger charge is 2.18. The van der Waals surface area contributed by atoms with Gasteiger partial charge in [0, 0.05) is 26.8 Å². The molecule has 0 saturated carbocycles. The van der Waals surface area contributed by atoms with Crippen LogP contribution in [0.3, 0.4) is 0 Å². The molecule has 1 aromatic carbocycles. The number of halogens is 1. The number of nitrogens with zero attached hydrogens (tertiary/aromatic N) is 2. The van der Waals surface area contributed by atoms with Gasteiger partial charge in [0.1, 0.15) is 0 Å². The third-order valence-corrected chi connectivity index (χ3v) is 5.57. The molecule has 0 bridgehead atoms. The Balaban J connectivity index is 1.89. The first kappa shape index (κ1) is 11.7. The van der Waals surface area contributed by atoms with Crippen LogP contribution in [0.1, 0.15) is 23.4 Å². The molecule has 0 fully saturated rings. The van der Waals surface area contributed by atoms with Crippen LogP contribution in [0.25, 0.3) is 16.2 Å². The van der Waals surface area contributed by atoms with E-state index < -0.39 is 0 Å². The van der Waals surface area contributed by atoms with Crippen LogP contribution in [-0.4, -0.2) is 9.38 Å². The Bertz CT molecular complexity index is 757. The van der Waals surface area contributed by atoms with Gasteiger partial charge in [0.15, 0.2) is 4.96 Å². The van der Waals surface area contributed by atoms with Gasteiger partial charge in [-0.3, -0.25) is 4.40 Å². The van der Waals surface area contributed by atoms with Crippen LogP contribution in [0.15, 0.2) is 34.9 Å². The maximum atomic E-state index is 4.80. The summed E-state index contributed by atoms with van der Waals surface area (Å²) in [5, 5.41) is 0. The number of aromatic nitrogens is 2. The predicted molar refractivity (Wildman–Crippen MR) is 82.8 cm³/mol. The Morgan fingerprint density at radius 1 is 1.16 bits per heavy atom. The lowest BCUT2D eigenvalue weighted by molar-refractivity contribution is 0.674. The maximum Gasteiger partial charge on any atom is 0.194 e. The summed E-state index contributed by atoms with van der Waals surface area (Å²) in [4.78, 5) is 7.47. The second kappa shape index (κ2) is 4.46. The van der Waals surface area contributed by atoms with Crippen LogP contribution < -0.4 is 0 Å². The number of imidazole rings is 1. The smallest absolute Gasteiger partial charge is 0.194 e. The Kier molecular flexibility index (Phi) is 2.74. The summed E-state index contributed by atoms with van der Waals surface area (Å²) in [7, 11) is 0. The molecule has 0 radical (unpaired) electrons. The lowest BCUT2D eigenvalue weighted by Gasteiger charge is -2.09. The monoisotopic (exact) mass is 332 g/mol. The summed E-state index contributed by atoms with van der Waals surface area (Å²) in [6.07, 6.45) is 7.25. The SMILES string of the molecule is Brc1ccccc1-c1cn2c3c(sc2n1)CCCC3. The van der Waals surface area contributed by atoms with Gasteiger partial charge in [0.2, 0.25) is 0 Å². The minimum Gasteiger partial charge on any atom is -0.294 e. The summed E-state index contributed by atoms with van der Waals surface area (Å²) < 4.78 is 3.41. The second-order valence-corrected chi connectivity index (χ2v) is 6.85. The van der Waals surface area contributed by atoms with Crippen molar-refractivity contribution < 1.29 is 0 Å².